The van der Waals surface area contributed by atoms with Crippen LogP contribution in [0.1, 0.15) is 26.3 Å². The number of amides is 1. The topological polar surface area (TPSA) is 66.4 Å². The molecule has 4 heteroatoms. The minimum Gasteiger partial charge on any atom is -0.503 e. The molecule has 1 atom stereocenters. The maximum atomic E-state index is 11.8. The molecule has 0 radical (unpaired) electrons. The van der Waals surface area contributed by atoms with Crippen molar-refractivity contribution in [3.05, 3.63) is 59.5 Å². The van der Waals surface area contributed by atoms with E-state index in [2.05, 4.69) is 11.9 Å². The van der Waals surface area contributed by atoms with Crippen molar-refractivity contribution in [1.29, 1.82) is 0 Å². The summed E-state index contributed by atoms with van der Waals surface area (Å²) < 4.78 is 0. The number of nitrogens with one attached hydrogen (secondary N) is 1. The molecule has 1 unspecified atom stereocenters. The first-order chi connectivity index (χ1) is 9.82. The first-order valence-corrected chi connectivity index (χ1v) is 6.77. The molecule has 1 aromatic rings. The highest BCUT2D eigenvalue weighted by molar-refractivity contribution is 6.03. The summed E-state index contributed by atoms with van der Waals surface area (Å²) in [6, 6.07) is 9.85. The Morgan fingerprint density at radius 3 is 2.33 bits per heavy atom. The third kappa shape index (κ3) is 4.91. The Hall–Kier alpha value is -2.36. The first kappa shape index (κ1) is 16.7. The molecule has 0 saturated heterocycles. The molecule has 1 amide bonds. The number of carbonyl (C=O) groups is 2. The molecular weight excluding hydrogens is 266 g/mol. The van der Waals surface area contributed by atoms with Gasteiger partial charge in [-0.05, 0) is 31.7 Å². The molecule has 0 bridgehead atoms. The van der Waals surface area contributed by atoms with Gasteiger partial charge in [0.2, 0.25) is 0 Å². The smallest absolute Gasteiger partial charge is 0.290 e. The van der Waals surface area contributed by atoms with Gasteiger partial charge in [0.05, 0.1) is 0 Å². The Bertz CT molecular complexity index is 573. The predicted octanol–water partition coefficient (Wildman–Crippen LogP) is 2.92. The van der Waals surface area contributed by atoms with Crippen LogP contribution in [0.4, 0.5) is 0 Å². The number of allylic oxidation sites excluding steroid dienone is 2. The number of hydrogen-bond donors (Lipinski definition) is 2. The van der Waals surface area contributed by atoms with E-state index in [1.54, 1.807) is 0 Å². The Balaban J connectivity index is 2.66. The summed E-state index contributed by atoms with van der Waals surface area (Å²) in [6.45, 7) is 8.47. The van der Waals surface area contributed by atoms with Crippen molar-refractivity contribution >= 4 is 11.7 Å². The average Bonchev–Trinajstić information content (AvgIpc) is 2.46. The van der Waals surface area contributed by atoms with Crippen LogP contribution >= 0.6 is 0 Å². The van der Waals surface area contributed by atoms with Crippen LogP contribution < -0.4 is 5.32 Å². The number of benzene rings is 1. The van der Waals surface area contributed by atoms with Crippen molar-refractivity contribution < 1.29 is 14.7 Å². The second kappa shape index (κ2) is 7.43. The fourth-order valence-electron chi connectivity index (χ4n) is 1.76. The van der Waals surface area contributed by atoms with Crippen LogP contribution in [0.2, 0.25) is 0 Å². The molecule has 0 aromatic heterocycles. The molecule has 0 aliphatic heterocycles. The van der Waals surface area contributed by atoms with E-state index in [-0.39, 0.29) is 17.3 Å². The van der Waals surface area contributed by atoms with Crippen molar-refractivity contribution in [2.45, 2.75) is 27.2 Å². The lowest BCUT2D eigenvalue weighted by atomic mass is 9.98. The van der Waals surface area contributed by atoms with Gasteiger partial charge < -0.3 is 10.4 Å². The van der Waals surface area contributed by atoms with Crippen molar-refractivity contribution in [3.63, 3.8) is 0 Å². The second-order valence-corrected chi connectivity index (χ2v) is 5.10. The van der Waals surface area contributed by atoms with E-state index in [1.807, 2.05) is 37.3 Å². The van der Waals surface area contributed by atoms with E-state index in [0.29, 0.717) is 5.70 Å². The van der Waals surface area contributed by atoms with E-state index < -0.39 is 11.7 Å². The summed E-state index contributed by atoms with van der Waals surface area (Å²) in [5.41, 5.74) is 1.68. The van der Waals surface area contributed by atoms with Gasteiger partial charge in [-0.25, -0.2) is 0 Å². The third-order valence-electron chi connectivity index (χ3n) is 3.35. The van der Waals surface area contributed by atoms with Gasteiger partial charge in [-0.2, -0.15) is 0 Å². The fraction of sp³-hybridized carbons (Fsp3) is 0.294. The first-order valence-electron chi connectivity index (χ1n) is 6.77. The highest BCUT2D eigenvalue weighted by Crippen LogP contribution is 2.14. The lowest BCUT2D eigenvalue weighted by molar-refractivity contribution is -0.120. The lowest BCUT2D eigenvalue weighted by Gasteiger charge is -2.16. The Kier molecular flexibility index (Phi) is 5.91. The predicted molar refractivity (Wildman–Crippen MR) is 82.6 cm³/mol. The SMILES string of the molecule is C=C(NC(=O)/C(O)=C(\C)C(C)=O)C(C)Cc1ccccc1. The molecule has 0 fully saturated rings. The molecule has 1 aromatic carbocycles. The number of rotatable bonds is 6. The molecule has 0 aliphatic rings. The molecule has 112 valence electrons. The van der Waals surface area contributed by atoms with Crippen molar-refractivity contribution in [2.24, 2.45) is 5.92 Å². The maximum absolute atomic E-state index is 11.8. The number of aliphatic hydroxyl groups excluding tert-OH is 1. The van der Waals surface area contributed by atoms with Crippen LogP contribution in [0.25, 0.3) is 0 Å². The maximum Gasteiger partial charge on any atom is 0.290 e. The van der Waals surface area contributed by atoms with Gasteiger partial charge in [0.1, 0.15) is 0 Å². The molecule has 0 spiro atoms. The highest BCUT2D eigenvalue weighted by atomic mass is 16.3. The zero-order valence-electron chi connectivity index (χ0n) is 12.6. The summed E-state index contributed by atoms with van der Waals surface area (Å²) in [6.07, 6.45) is 0.732. The summed E-state index contributed by atoms with van der Waals surface area (Å²) in [5, 5.41) is 12.2. The molecule has 0 heterocycles. The highest BCUT2D eigenvalue weighted by Gasteiger charge is 2.17. The molecule has 0 aliphatic carbocycles. The molecule has 2 N–H and O–H groups in total. The van der Waals surface area contributed by atoms with Gasteiger partial charge in [0, 0.05) is 11.3 Å². The van der Waals surface area contributed by atoms with E-state index in [9.17, 15) is 14.7 Å². The lowest BCUT2D eigenvalue weighted by Crippen LogP contribution is -2.28. The van der Waals surface area contributed by atoms with Gasteiger partial charge in [-0.1, -0.05) is 43.8 Å². The summed E-state index contributed by atoms with van der Waals surface area (Å²) in [7, 11) is 0. The van der Waals surface area contributed by atoms with Gasteiger partial charge in [-0.15, -0.1) is 0 Å². The Morgan fingerprint density at radius 1 is 1.24 bits per heavy atom. The van der Waals surface area contributed by atoms with Crippen molar-refractivity contribution in [2.75, 3.05) is 0 Å². The molecule has 21 heavy (non-hydrogen) atoms. The number of Topliss-reactive ketones (excluding diaryl/α,β-unsaturated/α-hetero) is 1. The van der Waals surface area contributed by atoms with Crippen LogP contribution in [-0.2, 0) is 16.0 Å². The van der Waals surface area contributed by atoms with E-state index in [4.69, 9.17) is 0 Å². The average molecular weight is 287 g/mol. The van der Waals surface area contributed by atoms with Crippen LogP contribution in [-0.4, -0.2) is 16.8 Å². The number of ketones is 1. The number of hydrogen-bond acceptors (Lipinski definition) is 3. The zero-order chi connectivity index (χ0) is 16.0. The quantitative estimate of drug-likeness (QED) is 0.624. The van der Waals surface area contributed by atoms with Gasteiger partial charge in [0.15, 0.2) is 11.5 Å². The largest absolute Gasteiger partial charge is 0.503 e. The summed E-state index contributed by atoms with van der Waals surface area (Å²) in [4.78, 5) is 23.0. The van der Waals surface area contributed by atoms with Gasteiger partial charge >= 0.3 is 0 Å². The van der Waals surface area contributed by atoms with Crippen LogP contribution in [0.5, 0.6) is 0 Å². The number of aliphatic hydroxyl groups is 1. The van der Waals surface area contributed by atoms with E-state index in [1.165, 1.54) is 13.8 Å². The minimum absolute atomic E-state index is 0.0155. The van der Waals surface area contributed by atoms with Crippen LogP contribution in [0.3, 0.4) is 0 Å². The second-order valence-electron chi connectivity index (χ2n) is 5.10. The van der Waals surface area contributed by atoms with Crippen molar-refractivity contribution in [3.8, 4) is 0 Å². The summed E-state index contributed by atoms with van der Waals surface area (Å²) in [5.74, 6) is -1.59. The minimum atomic E-state index is -0.701. The Labute approximate surface area is 125 Å². The summed E-state index contributed by atoms with van der Waals surface area (Å²) >= 11 is 0. The van der Waals surface area contributed by atoms with E-state index >= 15 is 0 Å². The fourth-order valence-corrected chi connectivity index (χ4v) is 1.76. The van der Waals surface area contributed by atoms with Gasteiger partial charge in [0.25, 0.3) is 5.91 Å². The molecule has 4 nitrogen and oxygen atoms in total. The van der Waals surface area contributed by atoms with Crippen LogP contribution in [0, 0.1) is 5.92 Å². The normalized spacial score (nSPS) is 13.1. The Morgan fingerprint density at radius 2 is 1.81 bits per heavy atom. The van der Waals surface area contributed by atoms with Crippen molar-refractivity contribution in [1.82, 2.24) is 5.32 Å². The van der Waals surface area contributed by atoms with E-state index in [0.717, 1.165) is 12.0 Å². The monoisotopic (exact) mass is 287 g/mol. The third-order valence-corrected chi connectivity index (χ3v) is 3.35. The zero-order valence-corrected chi connectivity index (χ0v) is 12.6. The standard InChI is InChI=1S/C17H21NO3/c1-11(10-15-8-6-5-7-9-15)13(3)18-17(21)16(20)12(2)14(4)19/h5-9,11,20H,3,10H2,1-2,4H3,(H,18,21)/b16-12-. The molecular formula is C17H21NO3. The number of carbonyl (C=O) groups excluding carboxylic acids is 2. The van der Waals surface area contributed by atoms with Gasteiger partial charge in [-0.3, -0.25) is 9.59 Å². The molecule has 0 saturated carbocycles. The van der Waals surface area contributed by atoms with Crippen LogP contribution in [0.15, 0.2) is 53.9 Å². The molecule has 1 rings (SSSR count).